The summed E-state index contributed by atoms with van der Waals surface area (Å²) in [5.74, 6) is 0.614. The Kier molecular flexibility index (Phi) is 5.79. The molecule has 88 valence electrons. The Morgan fingerprint density at radius 2 is 2.38 bits per heavy atom. The summed E-state index contributed by atoms with van der Waals surface area (Å²) in [4.78, 5) is 14.5. The van der Waals surface area contributed by atoms with Crippen LogP contribution in [0.1, 0.15) is 12.0 Å². The Hall–Kier alpha value is -0.590. The van der Waals surface area contributed by atoms with Crippen LogP contribution in [0.15, 0.2) is 22.9 Å². The zero-order chi connectivity index (χ0) is 12.0. The van der Waals surface area contributed by atoms with Crippen LogP contribution in [0.3, 0.4) is 0 Å². The van der Waals surface area contributed by atoms with Crippen LogP contribution < -0.4 is 5.73 Å². The number of nitrogens with two attached hydrogens (primary N) is 1. The van der Waals surface area contributed by atoms with Crippen LogP contribution in [-0.2, 0) is 10.5 Å². The second-order valence-electron chi connectivity index (χ2n) is 3.30. The van der Waals surface area contributed by atoms with Gasteiger partial charge in [-0.05, 0) is 39.7 Å². The van der Waals surface area contributed by atoms with Crippen molar-refractivity contribution in [1.29, 1.82) is 0 Å². The van der Waals surface area contributed by atoms with Gasteiger partial charge in [0.05, 0.1) is 0 Å². The molecule has 0 amide bonds. The predicted octanol–water partition coefficient (Wildman–Crippen LogP) is 1.88. The first kappa shape index (κ1) is 13.5. The van der Waals surface area contributed by atoms with Crippen molar-refractivity contribution in [2.24, 2.45) is 5.73 Å². The SMILES string of the molecule is NC(CCSCc1cncc(Br)c1)C(=O)O. The van der Waals surface area contributed by atoms with Gasteiger partial charge >= 0.3 is 5.97 Å². The maximum Gasteiger partial charge on any atom is 0.320 e. The molecule has 0 radical (unpaired) electrons. The maximum absolute atomic E-state index is 10.5. The minimum atomic E-state index is -0.940. The van der Waals surface area contributed by atoms with Gasteiger partial charge in [0.15, 0.2) is 0 Å². The zero-order valence-electron chi connectivity index (χ0n) is 8.60. The third kappa shape index (κ3) is 4.96. The van der Waals surface area contributed by atoms with Gasteiger partial charge in [-0.2, -0.15) is 11.8 Å². The molecule has 3 N–H and O–H groups in total. The Morgan fingerprint density at radius 3 is 3.00 bits per heavy atom. The van der Waals surface area contributed by atoms with Crippen molar-refractivity contribution < 1.29 is 9.90 Å². The largest absolute Gasteiger partial charge is 0.480 e. The number of aliphatic carboxylic acids is 1. The molecule has 1 aromatic heterocycles. The van der Waals surface area contributed by atoms with E-state index in [9.17, 15) is 4.79 Å². The van der Waals surface area contributed by atoms with Gasteiger partial charge in [-0.1, -0.05) is 0 Å². The number of thioether (sulfide) groups is 1. The lowest BCUT2D eigenvalue weighted by Crippen LogP contribution is -2.30. The second kappa shape index (κ2) is 6.88. The fraction of sp³-hybridized carbons (Fsp3) is 0.400. The van der Waals surface area contributed by atoms with Gasteiger partial charge in [0.25, 0.3) is 0 Å². The van der Waals surface area contributed by atoms with E-state index in [0.717, 1.165) is 21.5 Å². The Balaban J connectivity index is 2.23. The van der Waals surface area contributed by atoms with E-state index in [0.29, 0.717) is 6.42 Å². The molecule has 0 saturated heterocycles. The zero-order valence-corrected chi connectivity index (χ0v) is 11.0. The normalized spacial score (nSPS) is 12.4. The molecule has 0 spiro atoms. The molecule has 6 heteroatoms. The van der Waals surface area contributed by atoms with Crippen LogP contribution in [0.5, 0.6) is 0 Å². The number of halogens is 1. The van der Waals surface area contributed by atoms with E-state index in [1.54, 1.807) is 24.2 Å². The molecule has 16 heavy (non-hydrogen) atoms. The summed E-state index contributed by atoms with van der Waals surface area (Å²) in [7, 11) is 0. The smallest absolute Gasteiger partial charge is 0.320 e. The molecule has 0 aromatic carbocycles. The Bertz CT molecular complexity index is 362. The summed E-state index contributed by atoms with van der Waals surface area (Å²) in [6.07, 6.45) is 4.02. The minimum Gasteiger partial charge on any atom is -0.480 e. The van der Waals surface area contributed by atoms with Crippen molar-refractivity contribution in [3.8, 4) is 0 Å². The van der Waals surface area contributed by atoms with E-state index in [2.05, 4.69) is 20.9 Å². The highest BCUT2D eigenvalue weighted by molar-refractivity contribution is 9.10. The fourth-order valence-corrected chi connectivity index (χ4v) is 2.43. The number of carbonyl (C=O) groups is 1. The monoisotopic (exact) mass is 304 g/mol. The first-order chi connectivity index (χ1) is 7.59. The van der Waals surface area contributed by atoms with Crippen LogP contribution in [-0.4, -0.2) is 27.9 Å². The van der Waals surface area contributed by atoms with E-state index in [4.69, 9.17) is 10.8 Å². The quantitative estimate of drug-likeness (QED) is 0.785. The molecule has 1 atom stereocenters. The topological polar surface area (TPSA) is 76.2 Å². The van der Waals surface area contributed by atoms with E-state index in [1.807, 2.05) is 6.07 Å². The van der Waals surface area contributed by atoms with Crippen molar-refractivity contribution in [2.75, 3.05) is 5.75 Å². The van der Waals surface area contributed by atoms with Gasteiger partial charge in [-0.3, -0.25) is 9.78 Å². The summed E-state index contributed by atoms with van der Waals surface area (Å²) < 4.78 is 0.952. The highest BCUT2D eigenvalue weighted by Gasteiger charge is 2.10. The summed E-state index contributed by atoms with van der Waals surface area (Å²) >= 11 is 5.00. The Morgan fingerprint density at radius 1 is 1.62 bits per heavy atom. The standard InChI is InChI=1S/C10H13BrN2O2S/c11-8-3-7(4-13-5-8)6-16-2-1-9(12)10(14)15/h3-5,9H,1-2,6,12H2,(H,14,15). The summed E-state index contributed by atoms with van der Waals surface area (Å²) in [5, 5.41) is 8.58. The van der Waals surface area contributed by atoms with Gasteiger partial charge in [0, 0.05) is 22.6 Å². The maximum atomic E-state index is 10.5. The van der Waals surface area contributed by atoms with Crippen molar-refractivity contribution in [3.05, 3.63) is 28.5 Å². The van der Waals surface area contributed by atoms with Gasteiger partial charge in [-0.15, -0.1) is 0 Å². The summed E-state index contributed by atoms with van der Waals surface area (Å²) in [6.45, 7) is 0. The minimum absolute atomic E-state index is 0.488. The van der Waals surface area contributed by atoms with Crippen LogP contribution >= 0.6 is 27.7 Å². The molecule has 1 unspecified atom stereocenters. The molecule has 4 nitrogen and oxygen atoms in total. The van der Waals surface area contributed by atoms with Crippen molar-refractivity contribution in [3.63, 3.8) is 0 Å². The molecular weight excluding hydrogens is 292 g/mol. The molecule has 0 saturated carbocycles. The van der Waals surface area contributed by atoms with Gasteiger partial charge in [-0.25, -0.2) is 0 Å². The van der Waals surface area contributed by atoms with Gasteiger partial charge < -0.3 is 10.8 Å². The van der Waals surface area contributed by atoms with E-state index < -0.39 is 12.0 Å². The average Bonchev–Trinajstić information content (AvgIpc) is 2.24. The first-order valence-electron chi connectivity index (χ1n) is 4.75. The van der Waals surface area contributed by atoms with Crippen LogP contribution in [0.2, 0.25) is 0 Å². The molecule has 0 fully saturated rings. The number of hydrogen-bond acceptors (Lipinski definition) is 4. The number of carboxylic acid groups (broad SMARTS) is 1. The number of nitrogens with zero attached hydrogens (tertiary/aromatic N) is 1. The number of rotatable bonds is 6. The Labute approximate surface area is 107 Å². The highest BCUT2D eigenvalue weighted by Crippen LogP contribution is 2.16. The van der Waals surface area contributed by atoms with Crippen LogP contribution in [0, 0.1) is 0 Å². The van der Waals surface area contributed by atoms with E-state index in [1.165, 1.54) is 0 Å². The van der Waals surface area contributed by atoms with Crippen molar-refractivity contribution in [2.45, 2.75) is 18.2 Å². The molecule has 0 bridgehead atoms. The molecular formula is C10H13BrN2O2S. The molecule has 0 aliphatic rings. The van der Waals surface area contributed by atoms with E-state index in [-0.39, 0.29) is 0 Å². The highest BCUT2D eigenvalue weighted by atomic mass is 79.9. The molecule has 0 aliphatic heterocycles. The molecule has 0 aliphatic carbocycles. The molecule has 1 heterocycles. The van der Waals surface area contributed by atoms with Crippen LogP contribution in [0.25, 0.3) is 0 Å². The number of hydrogen-bond donors (Lipinski definition) is 2. The van der Waals surface area contributed by atoms with Gasteiger partial charge in [0.1, 0.15) is 6.04 Å². The number of aromatic nitrogens is 1. The van der Waals surface area contributed by atoms with Crippen molar-refractivity contribution in [1.82, 2.24) is 4.98 Å². The third-order valence-electron chi connectivity index (χ3n) is 1.92. The number of pyridine rings is 1. The lowest BCUT2D eigenvalue weighted by atomic mass is 10.2. The van der Waals surface area contributed by atoms with Crippen molar-refractivity contribution >= 4 is 33.7 Å². The van der Waals surface area contributed by atoms with E-state index >= 15 is 0 Å². The van der Waals surface area contributed by atoms with Crippen LogP contribution in [0.4, 0.5) is 0 Å². The summed E-state index contributed by atoms with van der Waals surface area (Å²) in [5.41, 5.74) is 6.50. The lowest BCUT2D eigenvalue weighted by molar-refractivity contribution is -0.138. The summed E-state index contributed by atoms with van der Waals surface area (Å²) in [6, 6.07) is 1.24. The third-order valence-corrected chi connectivity index (χ3v) is 3.42. The number of carboxylic acids is 1. The predicted molar refractivity (Wildman–Crippen MR) is 68.3 cm³/mol. The lowest BCUT2D eigenvalue weighted by Gasteiger charge is -2.05. The van der Waals surface area contributed by atoms with Gasteiger partial charge in [0.2, 0.25) is 0 Å². The second-order valence-corrected chi connectivity index (χ2v) is 5.32. The molecule has 1 rings (SSSR count). The molecule has 1 aromatic rings. The average molecular weight is 305 g/mol. The first-order valence-corrected chi connectivity index (χ1v) is 6.70. The fourth-order valence-electron chi connectivity index (χ4n) is 1.06.